The van der Waals surface area contributed by atoms with Crippen molar-refractivity contribution in [1.82, 2.24) is 15.0 Å². The van der Waals surface area contributed by atoms with E-state index in [2.05, 4.69) is 32.5 Å². The van der Waals surface area contributed by atoms with Crippen molar-refractivity contribution in [2.45, 2.75) is 50.6 Å². The number of nitrogens with zero attached hydrogens (tertiary/aromatic N) is 3. The summed E-state index contributed by atoms with van der Waals surface area (Å²) in [6, 6.07) is 0.121. The summed E-state index contributed by atoms with van der Waals surface area (Å²) in [5.41, 5.74) is 0. The fourth-order valence-corrected chi connectivity index (χ4v) is 1.71. The van der Waals surface area contributed by atoms with Crippen LogP contribution in [0.15, 0.2) is 5.16 Å². The number of aromatic nitrogens is 3. The summed E-state index contributed by atoms with van der Waals surface area (Å²) in [5, 5.41) is 6.02. The summed E-state index contributed by atoms with van der Waals surface area (Å²) in [6.07, 6.45) is 2.00. The van der Waals surface area contributed by atoms with Crippen LogP contribution in [0.3, 0.4) is 0 Å². The lowest BCUT2D eigenvalue weighted by Gasteiger charge is -2.11. The number of nitrogens with one attached hydrogen (secondary N) is 2. The third kappa shape index (κ3) is 6.51. The Labute approximate surface area is 116 Å². The Balaban J connectivity index is 2.82. The maximum atomic E-state index is 12.4. The van der Waals surface area contributed by atoms with E-state index in [0.717, 1.165) is 12.8 Å². The van der Waals surface area contributed by atoms with Crippen molar-refractivity contribution in [2.75, 3.05) is 17.2 Å². The molecule has 0 aromatic carbocycles. The van der Waals surface area contributed by atoms with E-state index in [4.69, 9.17) is 0 Å². The Morgan fingerprint density at radius 2 is 1.84 bits per heavy atom. The number of anilines is 2. The van der Waals surface area contributed by atoms with Crippen LogP contribution in [0.5, 0.6) is 0 Å². The van der Waals surface area contributed by atoms with Crippen molar-refractivity contribution in [1.29, 1.82) is 0 Å². The van der Waals surface area contributed by atoms with Crippen molar-refractivity contribution < 1.29 is 8.78 Å². The largest absolute Gasteiger partial charge is 0.354 e. The van der Waals surface area contributed by atoms with E-state index in [1.165, 1.54) is 0 Å². The SMILES string of the molecule is CCCCNc1nc(NC(C)C)nc(SC(F)F)n1. The van der Waals surface area contributed by atoms with E-state index in [1.54, 1.807) is 0 Å². The quantitative estimate of drug-likeness (QED) is 0.566. The lowest BCUT2D eigenvalue weighted by molar-refractivity contribution is 0.251. The smallest absolute Gasteiger partial charge is 0.291 e. The average molecular weight is 291 g/mol. The lowest BCUT2D eigenvalue weighted by Crippen LogP contribution is -2.15. The van der Waals surface area contributed by atoms with Crippen LogP contribution in [0.1, 0.15) is 33.6 Å². The lowest BCUT2D eigenvalue weighted by atomic mass is 10.3. The highest BCUT2D eigenvalue weighted by atomic mass is 32.2. The molecule has 0 aliphatic carbocycles. The molecular formula is C11H19F2N5S. The van der Waals surface area contributed by atoms with Gasteiger partial charge in [-0.1, -0.05) is 13.3 Å². The van der Waals surface area contributed by atoms with Crippen LogP contribution in [-0.4, -0.2) is 33.3 Å². The summed E-state index contributed by atoms with van der Waals surface area (Å²) in [6.45, 7) is 6.63. The molecule has 0 atom stereocenters. The fourth-order valence-electron chi connectivity index (χ4n) is 1.27. The molecule has 0 spiro atoms. The fraction of sp³-hybridized carbons (Fsp3) is 0.727. The van der Waals surface area contributed by atoms with Crippen LogP contribution >= 0.6 is 11.8 Å². The molecule has 1 aromatic rings. The Hall–Kier alpha value is -1.18. The van der Waals surface area contributed by atoms with Crippen molar-refractivity contribution in [3.63, 3.8) is 0 Å². The molecule has 0 bridgehead atoms. The molecule has 0 amide bonds. The molecular weight excluding hydrogens is 272 g/mol. The molecule has 5 nitrogen and oxygen atoms in total. The van der Waals surface area contributed by atoms with E-state index in [1.807, 2.05) is 13.8 Å². The zero-order chi connectivity index (χ0) is 14.3. The van der Waals surface area contributed by atoms with Crippen molar-refractivity contribution in [3.8, 4) is 0 Å². The van der Waals surface area contributed by atoms with Crippen LogP contribution in [0.25, 0.3) is 0 Å². The summed E-state index contributed by atoms with van der Waals surface area (Å²) in [4.78, 5) is 12.1. The normalized spacial score (nSPS) is 11.1. The summed E-state index contributed by atoms with van der Waals surface area (Å²) in [7, 11) is 0. The molecule has 2 N–H and O–H groups in total. The molecule has 1 heterocycles. The molecule has 0 unspecified atom stereocenters. The number of unbranched alkanes of at least 4 members (excludes halogenated alkanes) is 1. The second-order valence-corrected chi connectivity index (χ2v) is 5.18. The van der Waals surface area contributed by atoms with Crippen LogP contribution in [0.2, 0.25) is 0 Å². The minimum absolute atomic E-state index is 0.0205. The monoisotopic (exact) mass is 291 g/mol. The maximum Gasteiger partial charge on any atom is 0.291 e. The zero-order valence-electron chi connectivity index (χ0n) is 11.3. The number of thioether (sulfide) groups is 1. The van der Waals surface area contributed by atoms with Gasteiger partial charge in [0.25, 0.3) is 5.76 Å². The van der Waals surface area contributed by atoms with Gasteiger partial charge in [0.1, 0.15) is 0 Å². The van der Waals surface area contributed by atoms with Gasteiger partial charge in [-0.15, -0.1) is 0 Å². The predicted octanol–water partition coefficient (Wildman–Crippen LogP) is 3.22. The van der Waals surface area contributed by atoms with Crippen molar-refractivity contribution in [3.05, 3.63) is 0 Å². The van der Waals surface area contributed by atoms with Crippen LogP contribution in [-0.2, 0) is 0 Å². The first-order chi connectivity index (χ1) is 9.01. The number of rotatable bonds is 8. The number of halogens is 2. The molecule has 0 saturated heterocycles. The highest BCUT2D eigenvalue weighted by molar-refractivity contribution is 7.99. The number of hydrogen-bond donors (Lipinski definition) is 2. The van der Waals surface area contributed by atoms with Gasteiger partial charge in [0.05, 0.1) is 0 Å². The third-order valence-electron chi connectivity index (χ3n) is 2.04. The molecule has 0 aliphatic rings. The average Bonchev–Trinajstić information content (AvgIpc) is 2.27. The Kier molecular flexibility index (Phi) is 6.75. The minimum atomic E-state index is -2.54. The molecule has 19 heavy (non-hydrogen) atoms. The topological polar surface area (TPSA) is 62.7 Å². The van der Waals surface area contributed by atoms with Gasteiger partial charge in [0, 0.05) is 12.6 Å². The second kappa shape index (κ2) is 8.08. The molecule has 8 heteroatoms. The van der Waals surface area contributed by atoms with Gasteiger partial charge in [-0.2, -0.15) is 23.7 Å². The first-order valence-corrected chi connectivity index (χ1v) is 7.10. The van der Waals surface area contributed by atoms with E-state index >= 15 is 0 Å². The number of hydrogen-bond acceptors (Lipinski definition) is 6. The summed E-state index contributed by atoms with van der Waals surface area (Å²) < 4.78 is 24.7. The minimum Gasteiger partial charge on any atom is -0.354 e. The molecule has 0 radical (unpaired) electrons. The van der Waals surface area contributed by atoms with Crippen LogP contribution < -0.4 is 10.6 Å². The predicted molar refractivity (Wildman–Crippen MR) is 73.8 cm³/mol. The van der Waals surface area contributed by atoms with Crippen LogP contribution in [0.4, 0.5) is 20.7 Å². The van der Waals surface area contributed by atoms with Gasteiger partial charge in [-0.3, -0.25) is 0 Å². The highest BCUT2D eigenvalue weighted by Gasteiger charge is 2.12. The first-order valence-electron chi connectivity index (χ1n) is 6.22. The molecule has 1 aromatic heterocycles. The maximum absolute atomic E-state index is 12.4. The standard InChI is InChI=1S/C11H19F2N5S/c1-4-5-6-14-9-16-10(15-7(2)3)18-11(17-9)19-8(12)13/h7-8H,4-6H2,1-3H3,(H2,14,15,16,17,18). The van der Waals surface area contributed by atoms with E-state index in [-0.39, 0.29) is 11.2 Å². The zero-order valence-corrected chi connectivity index (χ0v) is 12.1. The van der Waals surface area contributed by atoms with Crippen molar-refractivity contribution in [2.24, 2.45) is 0 Å². The van der Waals surface area contributed by atoms with Gasteiger partial charge in [0.2, 0.25) is 11.9 Å². The first kappa shape index (κ1) is 15.9. The van der Waals surface area contributed by atoms with Gasteiger partial charge < -0.3 is 10.6 Å². The van der Waals surface area contributed by atoms with Gasteiger partial charge in [-0.05, 0) is 32.0 Å². The van der Waals surface area contributed by atoms with Crippen molar-refractivity contribution >= 4 is 23.7 Å². The molecule has 0 saturated carbocycles. The van der Waals surface area contributed by atoms with Crippen LogP contribution in [0, 0.1) is 0 Å². The molecule has 1 rings (SSSR count). The molecule has 0 fully saturated rings. The molecule has 0 aliphatic heterocycles. The Bertz CT molecular complexity index is 361. The Morgan fingerprint density at radius 3 is 2.42 bits per heavy atom. The molecule has 108 valence electrons. The van der Waals surface area contributed by atoms with Gasteiger partial charge in [0.15, 0.2) is 5.16 Å². The van der Waals surface area contributed by atoms with Gasteiger partial charge >= 0.3 is 0 Å². The highest BCUT2D eigenvalue weighted by Crippen LogP contribution is 2.23. The number of alkyl halides is 2. The Morgan fingerprint density at radius 1 is 1.16 bits per heavy atom. The summed E-state index contributed by atoms with van der Waals surface area (Å²) in [5.74, 6) is -1.90. The van der Waals surface area contributed by atoms with Gasteiger partial charge in [-0.25, -0.2) is 0 Å². The van der Waals surface area contributed by atoms with E-state index in [9.17, 15) is 8.78 Å². The van der Waals surface area contributed by atoms with E-state index in [0.29, 0.717) is 30.2 Å². The summed E-state index contributed by atoms with van der Waals surface area (Å²) >= 11 is 0.318. The van der Waals surface area contributed by atoms with E-state index < -0.39 is 5.76 Å². The third-order valence-corrected chi connectivity index (χ3v) is 2.61. The second-order valence-electron chi connectivity index (χ2n) is 4.22.